The van der Waals surface area contributed by atoms with Gasteiger partial charge >= 0.3 is 0 Å². The van der Waals surface area contributed by atoms with Gasteiger partial charge in [-0.25, -0.2) is 0 Å². The number of hydrogen-bond donors (Lipinski definition) is 1. The number of methoxy groups -OCH3 is 2. The number of carbonyl (C=O) groups is 6. The van der Waals surface area contributed by atoms with Crippen LogP contribution in [0.15, 0.2) is 97.1 Å². The molecule has 8 rings (SSSR count). The van der Waals surface area contributed by atoms with Gasteiger partial charge < -0.3 is 34.4 Å². The Balaban J connectivity index is 1.04. The fourth-order valence-electron chi connectivity index (χ4n) is 12.9. The third-order valence-corrected chi connectivity index (χ3v) is 18.1. The minimum absolute atomic E-state index is 0.00890. The molecule has 4 fully saturated rings. The van der Waals surface area contributed by atoms with Crippen LogP contribution in [0.1, 0.15) is 149 Å². The number of Topliss-reactive ketones (excluding diaryl/α,β-unsaturated/α-hetero) is 1. The fourth-order valence-corrected chi connectivity index (χ4v) is 12.9. The van der Waals surface area contributed by atoms with Crippen LogP contribution in [-0.2, 0) is 41.5 Å². The molecule has 5 amide bonds. The third-order valence-electron chi connectivity index (χ3n) is 18.1. The maximum atomic E-state index is 15.0. The van der Waals surface area contributed by atoms with E-state index in [0.29, 0.717) is 82.5 Å². The van der Waals surface area contributed by atoms with Gasteiger partial charge in [-0.1, -0.05) is 139 Å². The minimum Gasteiger partial charge on any atom is -0.380 e. The number of amides is 5. The number of ketones is 1. The lowest BCUT2D eigenvalue weighted by molar-refractivity contribution is -0.142. The topological polar surface area (TPSA) is 146 Å². The summed E-state index contributed by atoms with van der Waals surface area (Å²) >= 11 is 0. The lowest BCUT2D eigenvalue weighted by Crippen LogP contribution is -2.56. The van der Waals surface area contributed by atoms with E-state index in [1.54, 1.807) is 14.2 Å². The Kier molecular flexibility index (Phi) is 21.3. The molecule has 2 aliphatic carbocycles. The molecule has 0 radical (unpaired) electrons. The van der Waals surface area contributed by atoms with Crippen molar-refractivity contribution in [1.82, 2.24) is 24.9 Å². The van der Waals surface area contributed by atoms with E-state index in [4.69, 9.17) is 9.47 Å². The van der Waals surface area contributed by atoms with Crippen LogP contribution >= 0.6 is 0 Å². The van der Waals surface area contributed by atoms with Crippen LogP contribution in [0, 0.1) is 29.6 Å². The number of fused-ring (bicyclic) bond motifs is 1. The standard InChI is InChI=1S/C66H89N5O8/c1-7-46(4)62(73)67-61(50-26-18-11-19-27-50)66(77)71-44-58(79-6)39-56(71)42-69(35-33-48-22-14-9-15-23-48)64(75)54-31-29-51-36-53(30-28-52(51)37-54)63(74)68(34-32-47-20-12-8-13-21-47)41-55-38-57(78-5)43-70(55)65(76)59(40-60(72)45(2)3)49-24-16-10-17-25-49/h8-9,12-15,20-23,28-31,36-37,45-46,49-50,55-59,61H,7,10-11,16-19,24-27,32-35,38-44H2,1-6H3,(H,67,73)/t46-,55+,56+,57-,58-,59+,61+/m1/s1. The normalized spacial score (nSPS) is 21.2. The molecule has 4 aromatic carbocycles. The van der Waals surface area contributed by atoms with Gasteiger partial charge in [0.05, 0.1) is 24.3 Å². The van der Waals surface area contributed by atoms with Gasteiger partial charge in [0.2, 0.25) is 17.7 Å². The van der Waals surface area contributed by atoms with Gasteiger partial charge in [0.1, 0.15) is 11.8 Å². The first-order chi connectivity index (χ1) is 38.2. The molecule has 13 heteroatoms. The first kappa shape index (κ1) is 59.2. The Hall–Kier alpha value is -5.92. The van der Waals surface area contributed by atoms with Gasteiger partial charge in [0.25, 0.3) is 11.8 Å². The van der Waals surface area contributed by atoms with E-state index in [1.807, 2.05) is 120 Å². The van der Waals surface area contributed by atoms with Crippen molar-refractivity contribution in [3.63, 3.8) is 0 Å². The van der Waals surface area contributed by atoms with Crippen LogP contribution in [0.3, 0.4) is 0 Å². The molecule has 2 aliphatic heterocycles. The molecule has 13 nitrogen and oxygen atoms in total. The number of ether oxygens (including phenoxy) is 2. The number of hydrogen-bond acceptors (Lipinski definition) is 8. The highest BCUT2D eigenvalue weighted by Gasteiger charge is 2.44. The lowest BCUT2D eigenvalue weighted by atomic mass is 9.76. The largest absolute Gasteiger partial charge is 0.380 e. The third kappa shape index (κ3) is 15.3. The molecular weight excluding hydrogens is 991 g/mol. The molecule has 4 aromatic rings. The quantitative estimate of drug-likeness (QED) is 0.0730. The molecule has 2 saturated heterocycles. The van der Waals surface area contributed by atoms with Gasteiger partial charge in [-0.2, -0.15) is 0 Å². The van der Waals surface area contributed by atoms with E-state index < -0.39 is 12.0 Å². The van der Waals surface area contributed by atoms with Crippen molar-refractivity contribution in [2.24, 2.45) is 29.6 Å². The Labute approximate surface area is 470 Å². The summed E-state index contributed by atoms with van der Waals surface area (Å²) in [6, 6.07) is 30.3. The molecule has 426 valence electrons. The van der Waals surface area contributed by atoms with Gasteiger partial charge in [0.15, 0.2) is 0 Å². The van der Waals surface area contributed by atoms with Gasteiger partial charge in [0, 0.05) is 88.8 Å². The molecule has 0 unspecified atom stereocenters. The van der Waals surface area contributed by atoms with Gasteiger partial charge in [-0.3, -0.25) is 28.8 Å². The molecule has 79 heavy (non-hydrogen) atoms. The summed E-state index contributed by atoms with van der Waals surface area (Å²) < 4.78 is 11.9. The van der Waals surface area contributed by atoms with Crippen LogP contribution in [0.5, 0.6) is 0 Å². The molecule has 1 N–H and O–H groups in total. The van der Waals surface area contributed by atoms with Crippen LogP contribution < -0.4 is 5.32 Å². The number of carbonyl (C=O) groups excluding carboxylic acids is 6. The number of nitrogens with one attached hydrogen (secondary N) is 1. The zero-order valence-corrected chi connectivity index (χ0v) is 48.1. The minimum atomic E-state index is -0.637. The number of rotatable bonds is 24. The Morgan fingerprint density at radius 1 is 0.595 bits per heavy atom. The first-order valence-electron chi connectivity index (χ1n) is 29.9. The summed E-state index contributed by atoms with van der Waals surface area (Å²) in [5.41, 5.74) is 3.22. The zero-order chi connectivity index (χ0) is 56.0. The van der Waals surface area contributed by atoms with Crippen LogP contribution in [0.2, 0.25) is 0 Å². The molecule has 0 spiro atoms. The predicted molar refractivity (Wildman–Crippen MR) is 310 cm³/mol. The smallest absolute Gasteiger partial charge is 0.253 e. The van der Waals surface area contributed by atoms with Crippen LogP contribution in [0.25, 0.3) is 10.8 Å². The molecule has 2 heterocycles. The number of likely N-dealkylation sites (tertiary alicyclic amines) is 2. The summed E-state index contributed by atoms with van der Waals surface area (Å²) in [6.07, 6.45) is 13.0. The summed E-state index contributed by atoms with van der Waals surface area (Å²) in [4.78, 5) is 94.2. The highest BCUT2D eigenvalue weighted by Crippen LogP contribution is 2.37. The van der Waals surface area contributed by atoms with Crippen molar-refractivity contribution in [1.29, 1.82) is 0 Å². The predicted octanol–water partition coefficient (Wildman–Crippen LogP) is 10.4. The van der Waals surface area contributed by atoms with Gasteiger partial charge in [-0.15, -0.1) is 0 Å². The van der Waals surface area contributed by atoms with E-state index in [2.05, 4.69) is 29.6 Å². The summed E-state index contributed by atoms with van der Waals surface area (Å²) in [5.74, 6) is -0.924. The van der Waals surface area contributed by atoms with Gasteiger partial charge in [-0.05, 0) is 116 Å². The SMILES string of the molecule is CC[C@@H](C)C(=O)N[C@H](C(=O)N1C[C@H](OC)C[C@H]1CN(CCc1ccccc1)C(=O)c1ccc2cc(C(=O)N(CCc3ccccc3)C[C@@H]3C[C@@H](OC)CN3C(=O)[C@@H](CC(=O)C(C)C)C3CCCCC3)ccc2c1)C1CCCCC1. The highest BCUT2D eigenvalue weighted by molar-refractivity contribution is 6.02. The summed E-state index contributed by atoms with van der Waals surface area (Å²) in [5, 5.41) is 4.83. The van der Waals surface area contributed by atoms with Crippen molar-refractivity contribution >= 4 is 46.1 Å². The van der Waals surface area contributed by atoms with Crippen molar-refractivity contribution in [3.05, 3.63) is 119 Å². The average Bonchev–Trinajstić information content (AvgIpc) is 4.21. The fraction of sp³-hybridized carbons (Fsp3) is 0.576. The monoisotopic (exact) mass is 1080 g/mol. The highest BCUT2D eigenvalue weighted by atomic mass is 16.5. The van der Waals surface area contributed by atoms with Crippen molar-refractivity contribution in [2.45, 2.75) is 161 Å². The molecular formula is C66H89N5O8. The Morgan fingerprint density at radius 3 is 1.49 bits per heavy atom. The van der Waals surface area contributed by atoms with E-state index in [9.17, 15) is 19.2 Å². The number of benzene rings is 4. The molecule has 0 aromatic heterocycles. The molecule has 2 saturated carbocycles. The Morgan fingerprint density at radius 2 is 1.05 bits per heavy atom. The summed E-state index contributed by atoms with van der Waals surface area (Å²) in [6.45, 7) is 9.99. The number of nitrogens with zero attached hydrogens (tertiary/aromatic N) is 4. The molecule has 7 atom stereocenters. The van der Waals surface area contributed by atoms with E-state index in [0.717, 1.165) is 86.1 Å². The lowest BCUT2D eigenvalue weighted by Gasteiger charge is -2.37. The Bertz CT molecular complexity index is 2670. The zero-order valence-electron chi connectivity index (χ0n) is 48.1. The van der Waals surface area contributed by atoms with E-state index >= 15 is 9.59 Å². The van der Waals surface area contributed by atoms with Crippen LogP contribution in [0.4, 0.5) is 0 Å². The van der Waals surface area contributed by atoms with Crippen LogP contribution in [-0.4, -0.2) is 139 Å². The first-order valence-corrected chi connectivity index (χ1v) is 29.9. The van der Waals surface area contributed by atoms with Crippen molar-refractivity contribution in [2.75, 3.05) is 53.5 Å². The maximum absolute atomic E-state index is 15.0. The summed E-state index contributed by atoms with van der Waals surface area (Å²) in [7, 11) is 3.35. The second kappa shape index (κ2) is 28.5. The second-order valence-corrected chi connectivity index (χ2v) is 23.7. The second-order valence-electron chi connectivity index (χ2n) is 23.7. The van der Waals surface area contributed by atoms with Crippen molar-refractivity contribution < 1.29 is 38.2 Å². The van der Waals surface area contributed by atoms with Crippen molar-refractivity contribution in [3.8, 4) is 0 Å². The maximum Gasteiger partial charge on any atom is 0.253 e. The average molecular weight is 1080 g/mol. The van der Waals surface area contributed by atoms with E-state index in [-0.39, 0.29) is 89.7 Å². The van der Waals surface area contributed by atoms with E-state index in [1.165, 1.54) is 0 Å². The molecule has 0 bridgehead atoms. The molecule has 4 aliphatic rings.